The number of benzene rings is 1. The van der Waals surface area contributed by atoms with Gasteiger partial charge in [0.1, 0.15) is 25.4 Å². The van der Waals surface area contributed by atoms with Crippen LogP contribution >= 0.6 is 0 Å². The normalized spacial score (nSPS) is 18.8. The molecule has 0 unspecified atom stereocenters. The van der Waals surface area contributed by atoms with Crippen LogP contribution in [-0.2, 0) is 35.0 Å². The standard InChI is InChI=1S/C18H28O7/c1-19-12-24-17(8-16-10-23-16)18(25-13-20-2)11-22-9-14-4-6-15(21-3)7-5-14/h4-7,16-18H,8-13H2,1-3H3/t16-,17+,18+/m0/s1. The van der Waals surface area contributed by atoms with E-state index in [0.29, 0.717) is 13.2 Å². The van der Waals surface area contributed by atoms with Crippen molar-refractivity contribution in [2.45, 2.75) is 31.3 Å². The third kappa shape index (κ3) is 7.68. The zero-order valence-electron chi connectivity index (χ0n) is 15.1. The van der Waals surface area contributed by atoms with Gasteiger partial charge in [-0.2, -0.15) is 0 Å². The molecule has 0 aliphatic carbocycles. The maximum absolute atomic E-state index is 5.83. The minimum Gasteiger partial charge on any atom is -0.497 e. The van der Waals surface area contributed by atoms with Crippen molar-refractivity contribution in [2.75, 3.05) is 48.1 Å². The van der Waals surface area contributed by atoms with E-state index in [1.807, 2.05) is 24.3 Å². The van der Waals surface area contributed by atoms with Gasteiger partial charge in [-0.1, -0.05) is 12.1 Å². The highest BCUT2D eigenvalue weighted by molar-refractivity contribution is 5.26. The average molecular weight is 356 g/mol. The Morgan fingerprint density at radius 1 is 1.00 bits per heavy atom. The lowest BCUT2D eigenvalue weighted by Crippen LogP contribution is -2.37. The predicted molar refractivity (Wildman–Crippen MR) is 90.5 cm³/mol. The Balaban J connectivity index is 1.85. The molecule has 0 radical (unpaired) electrons. The lowest BCUT2D eigenvalue weighted by atomic mass is 10.1. The van der Waals surface area contributed by atoms with E-state index in [1.165, 1.54) is 0 Å². The van der Waals surface area contributed by atoms with Crippen molar-refractivity contribution in [3.05, 3.63) is 29.8 Å². The summed E-state index contributed by atoms with van der Waals surface area (Å²) in [6.07, 6.45) is 0.511. The molecule has 0 N–H and O–H groups in total. The van der Waals surface area contributed by atoms with Crippen LogP contribution in [0.3, 0.4) is 0 Å². The number of methoxy groups -OCH3 is 3. The summed E-state index contributed by atoms with van der Waals surface area (Å²) in [6, 6.07) is 7.76. The van der Waals surface area contributed by atoms with E-state index >= 15 is 0 Å². The summed E-state index contributed by atoms with van der Waals surface area (Å²) in [5.74, 6) is 0.822. The smallest absolute Gasteiger partial charge is 0.146 e. The van der Waals surface area contributed by atoms with Gasteiger partial charge < -0.3 is 33.2 Å². The number of epoxide rings is 1. The van der Waals surface area contributed by atoms with Gasteiger partial charge in [0.2, 0.25) is 0 Å². The van der Waals surface area contributed by atoms with Crippen LogP contribution in [0.15, 0.2) is 24.3 Å². The van der Waals surface area contributed by atoms with Gasteiger partial charge in [0, 0.05) is 20.6 Å². The second kappa shape index (κ2) is 11.4. The third-order valence-corrected chi connectivity index (χ3v) is 3.82. The SMILES string of the molecule is COCO[C@H](COCc1ccc(OC)cc1)[C@@H](C[C@H]1CO1)OCOC. The fourth-order valence-corrected chi connectivity index (χ4v) is 2.38. The monoisotopic (exact) mass is 356 g/mol. The molecule has 0 spiro atoms. The second-order valence-corrected chi connectivity index (χ2v) is 5.78. The van der Waals surface area contributed by atoms with Gasteiger partial charge in [-0.05, 0) is 17.7 Å². The molecule has 1 fully saturated rings. The first kappa shape index (κ1) is 20.1. The summed E-state index contributed by atoms with van der Waals surface area (Å²) in [7, 11) is 4.83. The van der Waals surface area contributed by atoms with Crippen LogP contribution in [0, 0.1) is 0 Å². The van der Waals surface area contributed by atoms with Crippen LogP contribution in [0.1, 0.15) is 12.0 Å². The molecule has 0 aromatic heterocycles. The Hall–Kier alpha value is -1.22. The first-order valence-corrected chi connectivity index (χ1v) is 8.30. The van der Waals surface area contributed by atoms with Crippen LogP contribution in [0.25, 0.3) is 0 Å². The Labute approximate surface area is 149 Å². The molecule has 7 nitrogen and oxygen atoms in total. The van der Waals surface area contributed by atoms with E-state index < -0.39 is 0 Å². The molecule has 2 rings (SSSR count). The minimum absolute atomic E-state index is 0.176. The van der Waals surface area contributed by atoms with E-state index in [4.69, 9.17) is 33.2 Å². The molecule has 1 aliphatic heterocycles. The van der Waals surface area contributed by atoms with Crippen molar-refractivity contribution in [1.82, 2.24) is 0 Å². The molecule has 1 aromatic rings. The highest BCUT2D eigenvalue weighted by Gasteiger charge is 2.32. The Morgan fingerprint density at radius 2 is 1.64 bits per heavy atom. The first-order chi connectivity index (χ1) is 12.3. The van der Waals surface area contributed by atoms with E-state index in [0.717, 1.165) is 24.3 Å². The zero-order valence-corrected chi connectivity index (χ0v) is 15.1. The molecular formula is C18H28O7. The van der Waals surface area contributed by atoms with Crippen molar-refractivity contribution < 1.29 is 33.2 Å². The lowest BCUT2D eigenvalue weighted by Gasteiger charge is -2.26. The zero-order chi connectivity index (χ0) is 17.9. The number of ether oxygens (including phenoxy) is 7. The maximum atomic E-state index is 5.83. The van der Waals surface area contributed by atoms with Crippen LogP contribution < -0.4 is 4.74 Å². The molecule has 7 heteroatoms. The van der Waals surface area contributed by atoms with E-state index in [1.54, 1.807) is 21.3 Å². The second-order valence-electron chi connectivity index (χ2n) is 5.78. The molecule has 1 aliphatic rings. The molecule has 0 bridgehead atoms. The van der Waals surface area contributed by atoms with E-state index in [-0.39, 0.29) is 31.9 Å². The van der Waals surface area contributed by atoms with Crippen molar-refractivity contribution >= 4 is 0 Å². The van der Waals surface area contributed by atoms with Crippen molar-refractivity contribution in [3.63, 3.8) is 0 Å². The van der Waals surface area contributed by atoms with Gasteiger partial charge >= 0.3 is 0 Å². The minimum atomic E-state index is -0.266. The molecule has 142 valence electrons. The molecule has 0 saturated carbocycles. The topological polar surface area (TPSA) is 67.9 Å². The summed E-state index contributed by atoms with van der Waals surface area (Å²) >= 11 is 0. The molecular weight excluding hydrogens is 328 g/mol. The van der Waals surface area contributed by atoms with Crippen LogP contribution in [0.2, 0.25) is 0 Å². The van der Waals surface area contributed by atoms with Gasteiger partial charge in [-0.15, -0.1) is 0 Å². The van der Waals surface area contributed by atoms with E-state index in [2.05, 4.69) is 0 Å². The lowest BCUT2D eigenvalue weighted by molar-refractivity contribution is -0.176. The Bertz CT molecular complexity index is 461. The highest BCUT2D eigenvalue weighted by atomic mass is 16.7. The number of hydrogen-bond acceptors (Lipinski definition) is 7. The quantitative estimate of drug-likeness (QED) is 0.373. The third-order valence-electron chi connectivity index (χ3n) is 3.82. The Morgan fingerprint density at radius 3 is 2.20 bits per heavy atom. The summed E-state index contributed by atoms with van der Waals surface area (Å²) in [4.78, 5) is 0. The van der Waals surface area contributed by atoms with E-state index in [9.17, 15) is 0 Å². The van der Waals surface area contributed by atoms with Crippen LogP contribution in [0.4, 0.5) is 0 Å². The summed E-state index contributed by atoms with van der Waals surface area (Å²) in [6.45, 7) is 2.00. The van der Waals surface area contributed by atoms with Crippen LogP contribution in [0.5, 0.6) is 5.75 Å². The molecule has 1 heterocycles. The van der Waals surface area contributed by atoms with Crippen molar-refractivity contribution in [1.29, 1.82) is 0 Å². The summed E-state index contributed by atoms with van der Waals surface area (Å²) < 4.78 is 37.8. The molecule has 1 aromatic carbocycles. The predicted octanol–water partition coefficient (Wildman–Crippen LogP) is 1.98. The highest BCUT2D eigenvalue weighted by Crippen LogP contribution is 2.21. The summed E-state index contributed by atoms with van der Waals surface area (Å²) in [5, 5.41) is 0. The average Bonchev–Trinajstić information content (AvgIpc) is 3.46. The number of hydrogen-bond donors (Lipinski definition) is 0. The fourth-order valence-electron chi connectivity index (χ4n) is 2.38. The molecule has 1 saturated heterocycles. The first-order valence-electron chi connectivity index (χ1n) is 8.30. The molecule has 0 amide bonds. The largest absolute Gasteiger partial charge is 0.497 e. The van der Waals surface area contributed by atoms with Gasteiger partial charge in [0.25, 0.3) is 0 Å². The maximum Gasteiger partial charge on any atom is 0.146 e. The van der Waals surface area contributed by atoms with Crippen molar-refractivity contribution in [2.24, 2.45) is 0 Å². The fraction of sp³-hybridized carbons (Fsp3) is 0.667. The molecule has 3 atom stereocenters. The van der Waals surface area contributed by atoms with Gasteiger partial charge in [-0.3, -0.25) is 0 Å². The van der Waals surface area contributed by atoms with Gasteiger partial charge in [0.15, 0.2) is 0 Å². The van der Waals surface area contributed by atoms with Gasteiger partial charge in [-0.25, -0.2) is 0 Å². The van der Waals surface area contributed by atoms with Crippen molar-refractivity contribution in [3.8, 4) is 5.75 Å². The Kier molecular flexibility index (Phi) is 9.17. The molecule has 25 heavy (non-hydrogen) atoms. The number of rotatable bonds is 14. The van der Waals surface area contributed by atoms with Gasteiger partial charge in [0.05, 0.1) is 39.1 Å². The van der Waals surface area contributed by atoms with Crippen LogP contribution in [-0.4, -0.2) is 66.4 Å². The summed E-state index contributed by atoms with van der Waals surface area (Å²) in [5.41, 5.74) is 1.06.